The van der Waals surface area contributed by atoms with Gasteiger partial charge in [0.05, 0.1) is 0 Å². The molecule has 2 aliphatic rings. The number of carbonyl (C=O) groups excluding carboxylic acids is 2. The fourth-order valence-electron chi connectivity index (χ4n) is 2.75. The highest BCUT2D eigenvalue weighted by atomic mass is 16.2. The van der Waals surface area contributed by atoms with E-state index in [9.17, 15) is 9.59 Å². The second-order valence-electron chi connectivity index (χ2n) is 5.67. The predicted octanol–water partition coefficient (Wildman–Crippen LogP) is 2.94. The molecule has 2 amide bonds. The molecule has 106 valence electrons. The summed E-state index contributed by atoms with van der Waals surface area (Å²) in [4.78, 5) is 25.7. The van der Waals surface area contributed by atoms with Crippen molar-refractivity contribution in [2.45, 2.75) is 38.5 Å². The first-order valence-electron chi connectivity index (χ1n) is 7.45. The molecule has 3 rings (SSSR count). The summed E-state index contributed by atoms with van der Waals surface area (Å²) < 4.78 is 0. The molecule has 1 aliphatic heterocycles. The van der Waals surface area contributed by atoms with Crippen LogP contribution in [0.3, 0.4) is 0 Å². The largest absolute Gasteiger partial charge is 0.326 e. The van der Waals surface area contributed by atoms with Gasteiger partial charge in [0.15, 0.2) is 0 Å². The van der Waals surface area contributed by atoms with Crippen molar-refractivity contribution in [2.75, 3.05) is 16.8 Å². The van der Waals surface area contributed by atoms with Crippen molar-refractivity contribution in [1.82, 2.24) is 0 Å². The van der Waals surface area contributed by atoms with Gasteiger partial charge >= 0.3 is 0 Å². The van der Waals surface area contributed by atoms with Crippen molar-refractivity contribution in [3.8, 4) is 0 Å². The standard InChI is InChI=1S/C16H20N2O2/c19-15-9-1-2-10-18(15)14-8-4-7-13(11-14)17-16(20)12-5-3-6-12/h4,7-8,11-12H,1-3,5-6,9-10H2,(H,17,20). The monoisotopic (exact) mass is 272 g/mol. The summed E-state index contributed by atoms with van der Waals surface area (Å²) in [7, 11) is 0. The Labute approximate surface area is 119 Å². The summed E-state index contributed by atoms with van der Waals surface area (Å²) >= 11 is 0. The minimum absolute atomic E-state index is 0.110. The van der Waals surface area contributed by atoms with E-state index in [1.807, 2.05) is 29.2 Å². The minimum atomic E-state index is 0.110. The minimum Gasteiger partial charge on any atom is -0.326 e. The number of carbonyl (C=O) groups is 2. The molecule has 1 aromatic carbocycles. The van der Waals surface area contributed by atoms with E-state index >= 15 is 0 Å². The van der Waals surface area contributed by atoms with Crippen molar-refractivity contribution in [3.05, 3.63) is 24.3 Å². The number of anilines is 2. The third-order valence-electron chi connectivity index (χ3n) is 4.22. The number of hydrogen-bond acceptors (Lipinski definition) is 2. The molecule has 0 unspecified atom stereocenters. The molecule has 4 heteroatoms. The van der Waals surface area contributed by atoms with Gasteiger partial charge < -0.3 is 10.2 Å². The maximum atomic E-state index is 12.0. The molecule has 1 saturated heterocycles. The molecule has 1 aliphatic carbocycles. The molecule has 1 saturated carbocycles. The highest BCUT2D eigenvalue weighted by Gasteiger charge is 2.25. The molecule has 0 bridgehead atoms. The van der Waals surface area contributed by atoms with E-state index in [4.69, 9.17) is 0 Å². The average molecular weight is 272 g/mol. The lowest BCUT2D eigenvalue weighted by Gasteiger charge is -2.27. The van der Waals surface area contributed by atoms with E-state index in [0.717, 1.165) is 50.0 Å². The molecule has 0 spiro atoms. The van der Waals surface area contributed by atoms with Gasteiger partial charge in [-0.05, 0) is 43.9 Å². The second-order valence-corrected chi connectivity index (χ2v) is 5.67. The average Bonchev–Trinajstić information content (AvgIpc) is 2.37. The first kappa shape index (κ1) is 13.2. The lowest BCUT2D eigenvalue weighted by atomic mass is 9.85. The maximum Gasteiger partial charge on any atom is 0.227 e. The van der Waals surface area contributed by atoms with Gasteiger partial charge in [0, 0.05) is 30.3 Å². The molecule has 1 N–H and O–H groups in total. The van der Waals surface area contributed by atoms with Crippen LogP contribution in [0.25, 0.3) is 0 Å². The van der Waals surface area contributed by atoms with Crippen molar-refractivity contribution >= 4 is 23.2 Å². The number of amides is 2. The Hall–Kier alpha value is -1.84. The second kappa shape index (κ2) is 5.65. The van der Waals surface area contributed by atoms with E-state index in [-0.39, 0.29) is 17.7 Å². The Morgan fingerprint density at radius 1 is 1.20 bits per heavy atom. The molecule has 2 fully saturated rings. The van der Waals surface area contributed by atoms with Gasteiger partial charge in [-0.1, -0.05) is 12.5 Å². The summed E-state index contributed by atoms with van der Waals surface area (Å²) in [5.74, 6) is 0.465. The van der Waals surface area contributed by atoms with Crippen LogP contribution in [0.2, 0.25) is 0 Å². The zero-order chi connectivity index (χ0) is 13.9. The highest BCUT2D eigenvalue weighted by Crippen LogP contribution is 2.29. The van der Waals surface area contributed by atoms with Crippen molar-refractivity contribution < 1.29 is 9.59 Å². The van der Waals surface area contributed by atoms with Crippen LogP contribution in [0.15, 0.2) is 24.3 Å². The fourth-order valence-corrected chi connectivity index (χ4v) is 2.75. The molecule has 0 aromatic heterocycles. The van der Waals surface area contributed by atoms with Crippen LogP contribution in [0, 0.1) is 5.92 Å². The summed E-state index contributed by atoms with van der Waals surface area (Å²) in [6.07, 6.45) is 5.79. The Kier molecular flexibility index (Phi) is 3.72. The SMILES string of the molecule is O=C(Nc1cccc(N2CCCCC2=O)c1)C1CCC1. The van der Waals surface area contributed by atoms with Gasteiger partial charge in [-0.2, -0.15) is 0 Å². The number of nitrogens with one attached hydrogen (secondary N) is 1. The number of benzene rings is 1. The molecule has 20 heavy (non-hydrogen) atoms. The summed E-state index contributed by atoms with van der Waals surface area (Å²) in [5, 5.41) is 2.96. The molecule has 1 heterocycles. The van der Waals surface area contributed by atoms with Crippen LogP contribution in [-0.4, -0.2) is 18.4 Å². The number of hydrogen-bond donors (Lipinski definition) is 1. The van der Waals surface area contributed by atoms with Gasteiger partial charge in [-0.3, -0.25) is 9.59 Å². The fraction of sp³-hybridized carbons (Fsp3) is 0.500. The molecular formula is C16H20N2O2. The Balaban J connectivity index is 1.71. The Morgan fingerprint density at radius 3 is 2.75 bits per heavy atom. The van der Waals surface area contributed by atoms with Crippen LogP contribution < -0.4 is 10.2 Å². The molecular weight excluding hydrogens is 252 g/mol. The number of rotatable bonds is 3. The zero-order valence-electron chi connectivity index (χ0n) is 11.6. The maximum absolute atomic E-state index is 12.0. The lowest BCUT2D eigenvalue weighted by Crippen LogP contribution is -2.35. The predicted molar refractivity (Wildman–Crippen MR) is 78.6 cm³/mol. The Bertz CT molecular complexity index is 523. The van der Waals surface area contributed by atoms with E-state index in [1.54, 1.807) is 0 Å². The third-order valence-corrected chi connectivity index (χ3v) is 4.22. The van der Waals surface area contributed by atoms with Crippen LogP contribution in [0.4, 0.5) is 11.4 Å². The van der Waals surface area contributed by atoms with Crippen molar-refractivity contribution in [1.29, 1.82) is 0 Å². The quantitative estimate of drug-likeness (QED) is 0.919. The first-order chi connectivity index (χ1) is 9.74. The summed E-state index contributed by atoms with van der Waals surface area (Å²) in [6.45, 7) is 0.777. The van der Waals surface area contributed by atoms with Gasteiger partial charge in [-0.25, -0.2) is 0 Å². The van der Waals surface area contributed by atoms with Gasteiger partial charge in [0.25, 0.3) is 0 Å². The van der Waals surface area contributed by atoms with E-state index < -0.39 is 0 Å². The normalized spacial score (nSPS) is 19.6. The van der Waals surface area contributed by atoms with Crippen molar-refractivity contribution in [2.24, 2.45) is 5.92 Å². The number of piperidine rings is 1. The van der Waals surface area contributed by atoms with Crippen LogP contribution in [0.5, 0.6) is 0 Å². The van der Waals surface area contributed by atoms with E-state index in [0.29, 0.717) is 6.42 Å². The zero-order valence-corrected chi connectivity index (χ0v) is 11.6. The third kappa shape index (κ3) is 2.69. The molecule has 4 nitrogen and oxygen atoms in total. The van der Waals surface area contributed by atoms with Gasteiger partial charge in [-0.15, -0.1) is 0 Å². The summed E-state index contributed by atoms with van der Waals surface area (Å²) in [5.41, 5.74) is 1.68. The molecule has 0 radical (unpaired) electrons. The van der Waals surface area contributed by atoms with Crippen LogP contribution in [0.1, 0.15) is 38.5 Å². The van der Waals surface area contributed by atoms with Crippen LogP contribution >= 0.6 is 0 Å². The van der Waals surface area contributed by atoms with Crippen LogP contribution in [-0.2, 0) is 9.59 Å². The molecule has 0 atom stereocenters. The number of nitrogens with zero attached hydrogens (tertiary/aromatic N) is 1. The molecule has 1 aromatic rings. The first-order valence-corrected chi connectivity index (χ1v) is 7.45. The van der Waals surface area contributed by atoms with E-state index in [1.165, 1.54) is 0 Å². The Morgan fingerprint density at radius 2 is 2.05 bits per heavy atom. The topological polar surface area (TPSA) is 49.4 Å². The van der Waals surface area contributed by atoms with Gasteiger partial charge in [0.1, 0.15) is 0 Å². The summed E-state index contributed by atoms with van der Waals surface area (Å²) in [6, 6.07) is 7.62. The van der Waals surface area contributed by atoms with Crippen molar-refractivity contribution in [3.63, 3.8) is 0 Å². The lowest BCUT2D eigenvalue weighted by molar-refractivity contribution is -0.122. The smallest absolute Gasteiger partial charge is 0.227 e. The van der Waals surface area contributed by atoms with E-state index in [2.05, 4.69) is 5.32 Å². The highest BCUT2D eigenvalue weighted by molar-refractivity contribution is 5.96. The van der Waals surface area contributed by atoms with Gasteiger partial charge in [0.2, 0.25) is 11.8 Å².